The van der Waals surface area contributed by atoms with Crippen molar-refractivity contribution in [2.45, 2.75) is 33.9 Å². The van der Waals surface area contributed by atoms with E-state index in [9.17, 15) is 0 Å². The van der Waals surface area contributed by atoms with E-state index in [0.717, 1.165) is 17.6 Å². The first kappa shape index (κ1) is 11.1. The van der Waals surface area contributed by atoms with Crippen molar-refractivity contribution >= 4 is 10.9 Å². The lowest BCUT2D eigenvalue weighted by Gasteiger charge is -2.06. The molecule has 0 bridgehead atoms. The lowest BCUT2D eigenvalue weighted by molar-refractivity contribution is 0.282. The molecule has 0 fully saturated rings. The van der Waals surface area contributed by atoms with E-state index in [1.54, 1.807) is 0 Å². The van der Waals surface area contributed by atoms with Crippen LogP contribution in [0.4, 0.5) is 0 Å². The molecular weight excluding hydrogens is 200 g/mol. The summed E-state index contributed by atoms with van der Waals surface area (Å²) in [5.74, 6) is 0.588. The minimum Gasteiger partial charge on any atom is -0.392 e. The third kappa shape index (κ3) is 1.95. The molecule has 16 heavy (non-hydrogen) atoms. The van der Waals surface area contributed by atoms with Crippen LogP contribution in [0.5, 0.6) is 0 Å². The summed E-state index contributed by atoms with van der Waals surface area (Å²) in [5.41, 5.74) is 3.10. The summed E-state index contributed by atoms with van der Waals surface area (Å²) in [6.07, 6.45) is 0. The van der Waals surface area contributed by atoms with Gasteiger partial charge >= 0.3 is 0 Å². The SMILES string of the molecule is Cc1c2ccc(CO)cc2nn1CC(C)C. The van der Waals surface area contributed by atoms with Crippen molar-refractivity contribution in [2.75, 3.05) is 0 Å². The second kappa shape index (κ2) is 4.26. The molecule has 1 N–H and O–H groups in total. The van der Waals surface area contributed by atoms with Gasteiger partial charge in [-0.15, -0.1) is 0 Å². The number of nitrogens with zero attached hydrogens (tertiary/aromatic N) is 2. The Hall–Kier alpha value is -1.35. The number of aliphatic hydroxyl groups is 1. The maximum Gasteiger partial charge on any atom is 0.0929 e. The highest BCUT2D eigenvalue weighted by Crippen LogP contribution is 2.20. The third-order valence-corrected chi connectivity index (χ3v) is 2.79. The largest absolute Gasteiger partial charge is 0.392 e. The van der Waals surface area contributed by atoms with Gasteiger partial charge in [-0.2, -0.15) is 5.10 Å². The highest BCUT2D eigenvalue weighted by atomic mass is 16.3. The predicted molar refractivity (Wildman–Crippen MR) is 65.2 cm³/mol. The Balaban J connectivity index is 2.50. The molecule has 0 atom stereocenters. The number of fused-ring (bicyclic) bond motifs is 1. The number of rotatable bonds is 3. The van der Waals surface area contributed by atoms with Crippen molar-refractivity contribution < 1.29 is 5.11 Å². The van der Waals surface area contributed by atoms with Crippen LogP contribution in [0, 0.1) is 12.8 Å². The van der Waals surface area contributed by atoms with Crippen LogP contribution < -0.4 is 0 Å². The predicted octanol–water partition coefficient (Wildman–Crippen LogP) is 2.49. The zero-order valence-electron chi connectivity index (χ0n) is 10.1. The van der Waals surface area contributed by atoms with E-state index in [-0.39, 0.29) is 6.61 Å². The lowest BCUT2D eigenvalue weighted by Crippen LogP contribution is -2.07. The van der Waals surface area contributed by atoms with Gasteiger partial charge in [-0.25, -0.2) is 0 Å². The number of aromatic nitrogens is 2. The summed E-state index contributed by atoms with van der Waals surface area (Å²) in [7, 11) is 0. The molecule has 0 radical (unpaired) electrons. The van der Waals surface area contributed by atoms with E-state index in [1.165, 1.54) is 11.1 Å². The van der Waals surface area contributed by atoms with Crippen molar-refractivity contribution in [3.05, 3.63) is 29.5 Å². The van der Waals surface area contributed by atoms with Gasteiger partial charge in [0, 0.05) is 17.6 Å². The fraction of sp³-hybridized carbons (Fsp3) is 0.462. The Labute approximate surface area is 95.7 Å². The molecule has 1 aromatic heterocycles. The van der Waals surface area contributed by atoms with Crippen LogP contribution in [0.3, 0.4) is 0 Å². The smallest absolute Gasteiger partial charge is 0.0929 e. The number of hydrogen-bond donors (Lipinski definition) is 1. The number of hydrogen-bond acceptors (Lipinski definition) is 2. The van der Waals surface area contributed by atoms with Crippen molar-refractivity contribution in [3.8, 4) is 0 Å². The first-order chi connectivity index (χ1) is 7.61. The Morgan fingerprint density at radius 1 is 1.38 bits per heavy atom. The fourth-order valence-corrected chi connectivity index (χ4v) is 1.93. The lowest BCUT2D eigenvalue weighted by atomic mass is 10.1. The molecule has 3 nitrogen and oxygen atoms in total. The molecule has 0 amide bonds. The van der Waals surface area contributed by atoms with Crippen LogP contribution in [0.1, 0.15) is 25.1 Å². The maximum atomic E-state index is 9.08. The molecule has 1 heterocycles. The second-order valence-corrected chi connectivity index (χ2v) is 4.67. The van der Waals surface area contributed by atoms with E-state index in [2.05, 4.69) is 30.6 Å². The van der Waals surface area contributed by atoms with Gasteiger partial charge in [-0.05, 0) is 24.5 Å². The van der Waals surface area contributed by atoms with E-state index >= 15 is 0 Å². The molecule has 2 rings (SSSR count). The number of aliphatic hydroxyl groups excluding tert-OH is 1. The minimum atomic E-state index is 0.0754. The Kier molecular flexibility index (Phi) is 2.97. The molecule has 0 aliphatic carbocycles. The molecule has 0 unspecified atom stereocenters. The highest BCUT2D eigenvalue weighted by Gasteiger charge is 2.08. The van der Waals surface area contributed by atoms with Gasteiger partial charge in [0.15, 0.2) is 0 Å². The maximum absolute atomic E-state index is 9.08. The van der Waals surface area contributed by atoms with Crippen LogP contribution >= 0.6 is 0 Å². The van der Waals surface area contributed by atoms with Crippen molar-refractivity contribution in [3.63, 3.8) is 0 Å². The Morgan fingerprint density at radius 3 is 2.75 bits per heavy atom. The van der Waals surface area contributed by atoms with Gasteiger partial charge in [0.05, 0.1) is 12.1 Å². The van der Waals surface area contributed by atoms with E-state index < -0.39 is 0 Å². The van der Waals surface area contributed by atoms with Gasteiger partial charge in [0.25, 0.3) is 0 Å². The molecule has 1 aromatic carbocycles. The summed E-state index contributed by atoms with van der Waals surface area (Å²) in [6.45, 7) is 7.48. The molecule has 0 spiro atoms. The average Bonchev–Trinajstić information content (AvgIpc) is 2.54. The number of aryl methyl sites for hydroxylation is 1. The second-order valence-electron chi connectivity index (χ2n) is 4.67. The van der Waals surface area contributed by atoms with Gasteiger partial charge in [-0.3, -0.25) is 4.68 Å². The van der Waals surface area contributed by atoms with Gasteiger partial charge < -0.3 is 5.11 Å². The third-order valence-electron chi connectivity index (χ3n) is 2.79. The average molecular weight is 218 g/mol. The molecule has 0 aliphatic rings. The topological polar surface area (TPSA) is 38.1 Å². The molecule has 0 saturated heterocycles. The Morgan fingerprint density at radius 2 is 2.12 bits per heavy atom. The Bertz CT molecular complexity index is 500. The van der Waals surface area contributed by atoms with Crippen LogP contribution in [0.15, 0.2) is 18.2 Å². The monoisotopic (exact) mass is 218 g/mol. The standard InChI is InChI=1S/C13H18N2O/c1-9(2)7-15-10(3)12-5-4-11(8-16)6-13(12)14-15/h4-6,9,16H,7-8H2,1-3H3. The minimum absolute atomic E-state index is 0.0754. The summed E-state index contributed by atoms with van der Waals surface area (Å²) in [6, 6.07) is 5.95. The zero-order chi connectivity index (χ0) is 11.7. The summed E-state index contributed by atoms with van der Waals surface area (Å²) in [5, 5.41) is 14.8. The van der Waals surface area contributed by atoms with Crippen LogP contribution in [-0.2, 0) is 13.2 Å². The molecule has 3 heteroatoms. The first-order valence-corrected chi connectivity index (χ1v) is 5.68. The van der Waals surface area contributed by atoms with Gasteiger partial charge in [-0.1, -0.05) is 26.0 Å². The fourth-order valence-electron chi connectivity index (χ4n) is 1.93. The van der Waals surface area contributed by atoms with Crippen molar-refractivity contribution in [2.24, 2.45) is 5.92 Å². The summed E-state index contributed by atoms with van der Waals surface area (Å²) in [4.78, 5) is 0. The molecule has 0 saturated carbocycles. The molecule has 86 valence electrons. The van der Waals surface area contributed by atoms with Crippen LogP contribution in [0.25, 0.3) is 10.9 Å². The normalized spacial score (nSPS) is 11.6. The number of benzene rings is 1. The summed E-state index contributed by atoms with van der Waals surface area (Å²) < 4.78 is 2.05. The molecular formula is C13H18N2O. The van der Waals surface area contributed by atoms with E-state index in [1.807, 2.05) is 18.2 Å². The van der Waals surface area contributed by atoms with Crippen molar-refractivity contribution in [1.29, 1.82) is 0 Å². The quantitative estimate of drug-likeness (QED) is 0.859. The first-order valence-electron chi connectivity index (χ1n) is 5.68. The van der Waals surface area contributed by atoms with Crippen molar-refractivity contribution in [1.82, 2.24) is 9.78 Å². The summed E-state index contributed by atoms with van der Waals surface area (Å²) >= 11 is 0. The van der Waals surface area contributed by atoms with Crippen LogP contribution in [0.2, 0.25) is 0 Å². The molecule has 0 aliphatic heterocycles. The van der Waals surface area contributed by atoms with E-state index in [0.29, 0.717) is 5.92 Å². The van der Waals surface area contributed by atoms with Gasteiger partial charge in [0.1, 0.15) is 0 Å². The zero-order valence-corrected chi connectivity index (χ0v) is 10.1. The van der Waals surface area contributed by atoms with Gasteiger partial charge in [0.2, 0.25) is 0 Å². The molecule has 2 aromatic rings. The highest BCUT2D eigenvalue weighted by molar-refractivity contribution is 5.82. The van der Waals surface area contributed by atoms with E-state index in [4.69, 9.17) is 5.11 Å². The van der Waals surface area contributed by atoms with Crippen LogP contribution in [-0.4, -0.2) is 14.9 Å².